The first-order valence-corrected chi connectivity index (χ1v) is 7.73. The Kier molecular flexibility index (Phi) is 5.22. The average Bonchev–Trinajstić information content (AvgIpc) is 2.40. The van der Waals surface area contributed by atoms with E-state index >= 15 is 0 Å². The van der Waals surface area contributed by atoms with Gasteiger partial charge in [0.25, 0.3) is 0 Å². The summed E-state index contributed by atoms with van der Waals surface area (Å²) in [5, 5.41) is 0. The third-order valence-corrected chi connectivity index (χ3v) is 4.53. The molecule has 2 aliphatic rings. The van der Waals surface area contributed by atoms with Crippen LogP contribution in [0.5, 0.6) is 0 Å². The summed E-state index contributed by atoms with van der Waals surface area (Å²) in [4.78, 5) is 14.1. The van der Waals surface area contributed by atoms with E-state index in [1.165, 1.54) is 25.7 Å². The van der Waals surface area contributed by atoms with Gasteiger partial charge in [-0.25, -0.2) is 0 Å². The number of amides is 1. The minimum absolute atomic E-state index is 0.179. The van der Waals surface area contributed by atoms with E-state index in [1.54, 1.807) is 0 Å². The molecule has 0 radical (unpaired) electrons. The van der Waals surface area contributed by atoms with Crippen LogP contribution < -0.4 is 5.73 Å². The fourth-order valence-corrected chi connectivity index (χ4v) is 3.23. The first-order valence-electron chi connectivity index (χ1n) is 7.73. The number of likely N-dealkylation sites (N-methyl/N-ethyl adjacent to an activating group) is 1. The van der Waals surface area contributed by atoms with Crippen LogP contribution in [-0.2, 0) is 9.53 Å². The molecule has 0 aromatic carbocycles. The van der Waals surface area contributed by atoms with Gasteiger partial charge in [-0.3, -0.25) is 4.79 Å². The Hall–Kier alpha value is -0.610. The number of hydrogen-bond acceptors (Lipinski definition) is 3. The van der Waals surface area contributed by atoms with Crippen molar-refractivity contribution in [1.29, 1.82) is 0 Å². The summed E-state index contributed by atoms with van der Waals surface area (Å²) in [5.74, 6) is 0.179. The number of hydrogen-bond donors (Lipinski definition) is 1. The van der Waals surface area contributed by atoms with Gasteiger partial charge in [0.15, 0.2) is 0 Å². The van der Waals surface area contributed by atoms with Crippen LogP contribution >= 0.6 is 0 Å². The second-order valence-corrected chi connectivity index (χ2v) is 6.36. The lowest BCUT2D eigenvalue weighted by Crippen LogP contribution is -2.47. The highest BCUT2D eigenvalue weighted by molar-refractivity contribution is 5.77. The van der Waals surface area contributed by atoms with Crippen LogP contribution in [0.15, 0.2) is 0 Å². The molecule has 1 amide bonds. The van der Waals surface area contributed by atoms with Crippen molar-refractivity contribution in [3.63, 3.8) is 0 Å². The first kappa shape index (κ1) is 14.8. The normalized spacial score (nSPS) is 26.9. The fraction of sp³-hybridized carbons (Fsp3) is 0.933. The maximum absolute atomic E-state index is 12.3. The average molecular weight is 268 g/mol. The molecule has 1 saturated heterocycles. The Bertz CT molecular complexity index is 295. The molecule has 1 heterocycles. The van der Waals surface area contributed by atoms with Crippen molar-refractivity contribution in [3.05, 3.63) is 0 Å². The molecule has 1 atom stereocenters. The Morgan fingerprint density at radius 2 is 2.00 bits per heavy atom. The van der Waals surface area contributed by atoms with Crippen LogP contribution in [0.3, 0.4) is 0 Å². The van der Waals surface area contributed by atoms with Crippen molar-refractivity contribution in [2.24, 2.45) is 5.73 Å². The zero-order valence-corrected chi connectivity index (χ0v) is 12.2. The maximum Gasteiger partial charge on any atom is 0.224 e. The molecule has 1 aliphatic carbocycles. The first-order chi connectivity index (χ1) is 9.09. The molecule has 1 aliphatic heterocycles. The van der Waals surface area contributed by atoms with Crippen LogP contribution in [0.4, 0.5) is 0 Å². The quantitative estimate of drug-likeness (QED) is 0.849. The molecular weight excluding hydrogens is 240 g/mol. The van der Waals surface area contributed by atoms with Gasteiger partial charge in [0.05, 0.1) is 6.10 Å². The van der Waals surface area contributed by atoms with Crippen molar-refractivity contribution in [2.45, 2.75) is 69.4 Å². The Morgan fingerprint density at radius 3 is 2.63 bits per heavy atom. The largest absolute Gasteiger partial charge is 0.376 e. The molecule has 0 aromatic heterocycles. The summed E-state index contributed by atoms with van der Waals surface area (Å²) in [5.41, 5.74) is 6.10. The highest BCUT2D eigenvalue weighted by Crippen LogP contribution is 2.29. The van der Waals surface area contributed by atoms with Crippen molar-refractivity contribution in [1.82, 2.24) is 4.90 Å². The molecule has 4 heteroatoms. The zero-order chi connectivity index (χ0) is 13.7. The summed E-state index contributed by atoms with van der Waals surface area (Å²) in [6.07, 6.45) is 9.74. The SMILES string of the molecule is CN(CC1CCCCO1)C(=O)CC1(N)CCCCC1. The van der Waals surface area contributed by atoms with Crippen molar-refractivity contribution in [2.75, 3.05) is 20.2 Å². The van der Waals surface area contributed by atoms with E-state index in [0.29, 0.717) is 6.42 Å². The van der Waals surface area contributed by atoms with Crippen LogP contribution in [0, 0.1) is 0 Å². The number of carbonyl (C=O) groups is 1. The minimum atomic E-state index is -0.253. The van der Waals surface area contributed by atoms with Crippen LogP contribution in [0.2, 0.25) is 0 Å². The van der Waals surface area contributed by atoms with Crippen LogP contribution in [0.1, 0.15) is 57.8 Å². The Labute approximate surface area is 116 Å². The molecule has 4 nitrogen and oxygen atoms in total. The molecule has 2 N–H and O–H groups in total. The molecule has 1 unspecified atom stereocenters. The van der Waals surface area contributed by atoms with Gasteiger partial charge in [0.1, 0.15) is 0 Å². The van der Waals surface area contributed by atoms with Gasteiger partial charge in [-0.05, 0) is 32.1 Å². The number of rotatable bonds is 4. The molecule has 0 bridgehead atoms. The van der Waals surface area contributed by atoms with Gasteiger partial charge in [0, 0.05) is 32.2 Å². The van der Waals surface area contributed by atoms with Gasteiger partial charge in [0.2, 0.25) is 5.91 Å². The summed E-state index contributed by atoms with van der Waals surface area (Å²) >= 11 is 0. The topological polar surface area (TPSA) is 55.6 Å². The number of carbonyl (C=O) groups excluding carboxylic acids is 1. The number of nitrogens with two attached hydrogens (primary N) is 1. The van der Waals surface area contributed by atoms with E-state index in [-0.39, 0.29) is 17.6 Å². The van der Waals surface area contributed by atoms with Crippen molar-refractivity contribution >= 4 is 5.91 Å². The maximum atomic E-state index is 12.3. The fourth-order valence-electron chi connectivity index (χ4n) is 3.23. The van der Waals surface area contributed by atoms with Gasteiger partial charge >= 0.3 is 0 Å². The van der Waals surface area contributed by atoms with E-state index in [4.69, 9.17) is 10.5 Å². The number of ether oxygens (including phenoxy) is 1. The summed E-state index contributed by atoms with van der Waals surface area (Å²) in [7, 11) is 1.88. The molecule has 19 heavy (non-hydrogen) atoms. The highest BCUT2D eigenvalue weighted by atomic mass is 16.5. The number of nitrogens with zero attached hydrogens (tertiary/aromatic N) is 1. The van der Waals surface area contributed by atoms with Gasteiger partial charge in [-0.1, -0.05) is 19.3 Å². The van der Waals surface area contributed by atoms with Crippen LogP contribution in [0.25, 0.3) is 0 Å². The molecule has 2 fully saturated rings. The van der Waals surface area contributed by atoms with Crippen molar-refractivity contribution in [3.8, 4) is 0 Å². The van der Waals surface area contributed by atoms with E-state index < -0.39 is 0 Å². The third kappa shape index (κ3) is 4.46. The molecule has 0 spiro atoms. The van der Waals surface area contributed by atoms with E-state index in [9.17, 15) is 4.79 Å². The van der Waals surface area contributed by atoms with Gasteiger partial charge < -0.3 is 15.4 Å². The predicted molar refractivity (Wildman–Crippen MR) is 75.8 cm³/mol. The highest BCUT2D eigenvalue weighted by Gasteiger charge is 2.31. The van der Waals surface area contributed by atoms with Crippen LogP contribution in [-0.4, -0.2) is 42.6 Å². The standard InChI is InChI=1S/C15H28N2O2/c1-17(12-13-7-3-6-10-19-13)14(18)11-15(16)8-4-2-5-9-15/h13H,2-12,16H2,1H3. The Balaban J connectivity index is 1.77. The molecular formula is C15H28N2O2. The smallest absolute Gasteiger partial charge is 0.224 e. The minimum Gasteiger partial charge on any atom is -0.376 e. The third-order valence-electron chi connectivity index (χ3n) is 4.53. The summed E-state index contributed by atoms with van der Waals surface area (Å²) in [6, 6.07) is 0. The Morgan fingerprint density at radius 1 is 1.26 bits per heavy atom. The van der Waals surface area contributed by atoms with E-state index in [0.717, 1.165) is 38.8 Å². The monoisotopic (exact) mass is 268 g/mol. The summed E-state index contributed by atoms with van der Waals surface area (Å²) in [6.45, 7) is 1.56. The second-order valence-electron chi connectivity index (χ2n) is 6.36. The molecule has 0 aromatic rings. The molecule has 110 valence electrons. The summed E-state index contributed by atoms with van der Waals surface area (Å²) < 4.78 is 5.69. The lowest BCUT2D eigenvalue weighted by Gasteiger charge is -2.35. The van der Waals surface area contributed by atoms with Gasteiger partial charge in [-0.15, -0.1) is 0 Å². The lowest BCUT2D eigenvalue weighted by molar-refractivity contribution is -0.133. The predicted octanol–water partition coefficient (Wildman–Crippen LogP) is 2.07. The van der Waals surface area contributed by atoms with Gasteiger partial charge in [-0.2, -0.15) is 0 Å². The van der Waals surface area contributed by atoms with E-state index in [2.05, 4.69) is 0 Å². The lowest BCUT2D eigenvalue weighted by atomic mass is 9.80. The second kappa shape index (κ2) is 6.71. The van der Waals surface area contributed by atoms with E-state index in [1.807, 2.05) is 11.9 Å². The van der Waals surface area contributed by atoms with Crippen molar-refractivity contribution < 1.29 is 9.53 Å². The zero-order valence-electron chi connectivity index (χ0n) is 12.2. The molecule has 2 rings (SSSR count). The molecule has 1 saturated carbocycles.